The van der Waals surface area contributed by atoms with Crippen LogP contribution in [-0.4, -0.2) is 80.1 Å². The standard InChI is InChI=1S/C12H24N2O4S/c1-10(15)4-6-13(2)8-12(16)14(3)11-5-7-19(17,18)9-11/h10-11,15H,4-9H2,1-3H3. The summed E-state index contributed by atoms with van der Waals surface area (Å²) in [6.07, 6.45) is 0.767. The molecule has 2 unspecified atom stereocenters. The van der Waals surface area contributed by atoms with Gasteiger partial charge in [-0.15, -0.1) is 0 Å². The highest BCUT2D eigenvalue weighted by Gasteiger charge is 2.32. The van der Waals surface area contributed by atoms with E-state index < -0.39 is 9.84 Å². The predicted octanol–water partition coefficient (Wildman–Crippen LogP) is -0.665. The van der Waals surface area contributed by atoms with Gasteiger partial charge in [0.05, 0.1) is 24.2 Å². The van der Waals surface area contributed by atoms with Crippen LogP contribution in [0.15, 0.2) is 0 Å². The Hall–Kier alpha value is -0.660. The van der Waals surface area contributed by atoms with Crippen molar-refractivity contribution in [2.75, 3.05) is 38.7 Å². The summed E-state index contributed by atoms with van der Waals surface area (Å²) in [6.45, 7) is 2.60. The topological polar surface area (TPSA) is 77.9 Å². The molecule has 0 saturated carbocycles. The van der Waals surface area contributed by atoms with Crippen molar-refractivity contribution >= 4 is 15.7 Å². The smallest absolute Gasteiger partial charge is 0.236 e. The summed E-state index contributed by atoms with van der Waals surface area (Å²) in [5.74, 6) is 0.176. The summed E-state index contributed by atoms with van der Waals surface area (Å²) >= 11 is 0. The highest BCUT2D eigenvalue weighted by molar-refractivity contribution is 7.91. The zero-order valence-corrected chi connectivity index (χ0v) is 12.7. The van der Waals surface area contributed by atoms with E-state index in [1.165, 1.54) is 0 Å². The van der Waals surface area contributed by atoms with Gasteiger partial charge >= 0.3 is 0 Å². The van der Waals surface area contributed by atoms with Crippen molar-refractivity contribution in [1.82, 2.24) is 9.80 Å². The number of hydrogen-bond acceptors (Lipinski definition) is 5. The maximum atomic E-state index is 12.0. The van der Waals surface area contributed by atoms with Crippen LogP contribution in [0.4, 0.5) is 0 Å². The molecule has 0 aromatic rings. The van der Waals surface area contributed by atoms with Crippen molar-refractivity contribution in [2.24, 2.45) is 0 Å². The lowest BCUT2D eigenvalue weighted by Gasteiger charge is -2.26. The van der Waals surface area contributed by atoms with Gasteiger partial charge in [-0.1, -0.05) is 0 Å². The zero-order chi connectivity index (χ0) is 14.6. The van der Waals surface area contributed by atoms with Gasteiger partial charge in [-0.3, -0.25) is 9.69 Å². The molecule has 0 aliphatic carbocycles. The van der Waals surface area contributed by atoms with Crippen LogP contribution in [0.3, 0.4) is 0 Å². The molecule has 1 aliphatic heterocycles. The normalized spacial score (nSPS) is 23.5. The largest absolute Gasteiger partial charge is 0.393 e. The molecule has 7 heteroatoms. The minimum absolute atomic E-state index is 0.0739. The second-order valence-electron chi connectivity index (χ2n) is 5.44. The number of sulfone groups is 1. The van der Waals surface area contributed by atoms with E-state index >= 15 is 0 Å². The third kappa shape index (κ3) is 5.46. The molecule has 1 heterocycles. The first-order valence-corrected chi connectivity index (χ1v) is 8.36. The molecule has 1 amide bonds. The van der Waals surface area contributed by atoms with E-state index in [-0.39, 0.29) is 36.1 Å². The molecule has 1 saturated heterocycles. The molecule has 2 atom stereocenters. The van der Waals surface area contributed by atoms with Crippen LogP contribution in [0.25, 0.3) is 0 Å². The van der Waals surface area contributed by atoms with Gasteiger partial charge in [-0.05, 0) is 26.8 Å². The van der Waals surface area contributed by atoms with Crippen molar-refractivity contribution in [3.05, 3.63) is 0 Å². The van der Waals surface area contributed by atoms with Crippen LogP contribution in [-0.2, 0) is 14.6 Å². The highest BCUT2D eigenvalue weighted by atomic mass is 32.2. The van der Waals surface area contributed by atoms with E-state index in [4.69, 9.17) is 0 Å². The number of aliphatic hydroxyl groups excluding tert-OH is 1. The summed E-state index contributed by atoms with van der Waals surface area (Å²) in [6, 6.07) is -0.192. The highest BCUT2D eigenvalue weighted by Crippen LogP contribution is 2.16. The Morgan fingerprint density at radius 3 is 2.53 bits per heavy atom. The summed E-state index contributed by atoms with van der Waals surface area (Å²) < 4.78 is 22.8. The first kappa shape index (κ1) is 16.4. The summed E-state index contributed by atoms with van der Waals surface area (Å²) in [5, 5.41) is 9.19. The van der Waals surface area contributed by atoms with Gasteiger partial charge in [0.25, 0.3) is 0 Å². The molecule has 1 aliphatic rings. The molecule has 0 aromatic heterocycles. The van der Waals surface area contributed by atoms with Gasteiger partial charge < -0.3 is 10.0 Å². The van der Waals surface area contributed by atoms with E-state index in [0.29, 0.717) is 19.4 Å². The number of rotatable bonds is 6. The maximum absolute atomic E-state index is 12.0. The molecule has 0 radical (unpaired) electrons. The molecule has 19 heavy (non-hydrogen) atoms. The first-order chi connectivity index (χ1) is 8.71. The molecule has 6 nitrogen and oxygen atoms in total. The Morgan fingerprint density at radius 2 is 2.05 bits per heavy atom. The first-order valence-electron chi connectivity index (χ1n) is 6.54. The fraction of sp³-hybridized carbons (Fsp3) is 0.917. The van der Waals surface area contributed by atoms with E-state index in [1.54, 1.807) is 18.9 Å². The Bertz CT molecular complexity index is 408. The van der Waals surface area contributed by atoms with Crippen LogP contribution >= 0.6 is 0 Å². The summed E-state index contributed by atoms with van der Waals surface area (Å²) in [4.78, 5) is 15.4. The van der Waals surface area contributed by atoms with Crippen LogP contribution < -0.4 is 0 Å². The van der Waals surface area contributed by atoms with Crippen LogP contribution in [0, 0.1) is 0 Å². The minimum atomic E-state index is -2.96. The van der Waals surface area contributed by atoms with Gasteiger partial charge in [0.2, 0.25) is 5.91 Å². The second-order valence-corrected chi connectivity index (χ2v) is 7.67. The van der Waals surface area contributed by atoms with Crippen molar-refractivity contribution < 1.29 is 18.3 Å². The predicted molar refractivity (Wildman–Crippen MR) is 73.6 cm³/mol. The van der Waals surface area contributed by atoms with Gasteiger partial charge in [-0.25, -0.2) is 8.42 Å². The second kappa shape index (κ2) is 6.67. The third-order valence-corrected chi connectivity index (χ3v) is 5.23. The lowest BCUT2D eigenvalue weighted by molar-refractivity contribution is -0.132. The SMILES string of the molecule is CC(O)CCN(C)CC(=O)N(C)C1CCS(=O)(=O)C1. The summed E-state index contributed by atoms with van der Waals surface area (Å²) in [5.41, 5.74) is 0. The number of likely N-dealkylation sites (N-methyl/N-ethyl adjacent to an activating group) is 2. The van der Waals surface area contributed by atoms with Crippen LogP contribution in [0.2, 0.25) is 0 Å². The summed E-state index contributed by atoms with van der Waals surface area (Å²) in [7, 11) is 0.518. The monoisotopic (exact) mass is 292 g/mol. The lowest BCUT2D eigenvalue weighted by Crippen LogP contribution is -2.43. The lowest BCUT2D eigenvalue weighted by atomic mass is 10.2. The Kier molecular flexibility index (Phi) is 5.76. The number of nitrogens with zero attached hydrogens (tertiary/aromatic N) is 2. The van der Waals surface area contributed by atoms with Crippen molar-refractivity contribution in [1.29, 1.82) is 0 Å². The number of carbonyl (C=O) groups is 1. The van der Waals surface area contributed by atoms with E-state index in [0.717, 1.165) is 0 Å². The Balaban J connectivity index is 2.41. The molecule has 1 fully saturated rings. The molecule has 0 spiro atoms. The van der Waals surface area contributed by atoms with Gasteiger partial charge in [0, 0.05) is 19.6 Å². The molecular formula is C12H24N2O4S. The van der Waals surface area contributed by atoms with E-state index in [1.807, 2.05) is 11.9 Å². The van der Waals surface area contributed by atoms with Crippen LogP contribution in [0.5, 0.6) is 0 Å². The number of carbonyl (C=O) groups excluding carboxylic acids is 1. The third-order valence-electron chi connectivity index (χ3n) is 3.48. The quantitative estimate of drug-likeness (QED) is 0.703. The van der Waals surface area contributed by atoms with Crippen molar-refractivity contribution in [3.8, 4) is 0 Å². The number of hydrogen-bond donors (Lipinski definition) is 1. The van der Waals surface area contributed by atoms with Crippen molar-refractivity contribution in [3.63, 3.8) is 0 Å². The van der Waals surface area contributed by atoms with Gasteiger partial charge in [0.15, 0.2) is 9.84 Å². The Morgan fingerprint density at radius 1 is 1.42 bits per heavy atom. The average Bonchev–Trinajstić information content (AvgIpc) is 2.66. The zero-order valence-electron chi connectivity index (χ0n) is 11.9. The maximum Gasteiger partial charge on any atom is 0.236 e. The Labute approximate surface area is 115 Å². The molecule has 1 N–H and O–H groups in total. The number of aliphatic hydroxyl groups is 1. The number of amides is 1. The molecule has 0 bridgehead atoms. The van der Waals surface area contributed by atoms with Crippen LogP contribution in [0.1, 0.15) is 19.8 Å². The van der Waals surface area contributed by atoms with E-state index in [9.17, 15) is 18.3 Å². The molecule has 1 rings (SSSR count). The van der Waals surface area contributed by atoms with Gasteiger partial charge in [0.1, 0.15) is 0 Å². The van der Waals surface area contributed by atoms with Crippen molar-refractivity contribution in [2.45, 2.75) is 31.9 Å². The minimum Gasteiger partial charge on any atom is -0.393 e. The fourth-order valence-corrected chi connectivity index (χ4v) is 3.89. The fourth-order valence-electron chi connectivity index (χ4n) is 2.11. The van der Waals surface area contributed by atoms with E-state index in [2.05, 4.69) is 0 Å². The molecular weight excluding hydrogens is 268 g/mol. The molecule has 112 valence electrons. The van der Waals surface area contributed by atoms with Gasteiger partial charge in [-0.2, -0.15) is 0 Å². The average molecular weight is 292 g/mol. The molecule has 0 aromatic carbocycles.